The van der Waals surface area contributed by atoms with Crippen LogP contribution in [0.4, 0.5) is 4.39 Å². The van der Waals surface area contributed by atoms with Gasteiger partial charge in [-0.2, -0.15) is 0 Å². The van der Waals surface area contributed by atoms with Gasteiger partial charge in [-0.25, -0.2) is 9.37 Å². The minimum Gasteiger partial charge on any atom is -0.246 e. The van der Waals surface area contributed by atoms with Crippen LogP contribution in [-0.2, 0) is 6.67 Å². The summed E-state index contributed by atoms with van der Waals surface area (Å²) < 4.78 is 13.4. The van der Waals surface area contributed by atoms with Crippen LogP contribution in [0.1, 0.15) is 5.56 Å². The molecular formula is C8H6FNS. The second kappa shape index (κ2) is 2.58. The molecule has 3 heteroatoms. The van der Waals surface area contributed by atoms with Gasteiger partial charge in [-0.05, 0) is 6.07 Å². The van der Waals surface area contributed by atoms with Gasteiger partial charge in [0.15, 0.2) is 0 Å². The number of nitrogens with zero attached hydrogens (tertiary/aromatic N) is 1. The van der Waals surface area contributed by atoms with E-state index in [0.29, 0.717) is 5.56 Å². The summed E-state index contributed by atoms with van der Waals surface area (Å²) in [5.41, 5.74) is 3.23. The number of rotatable bonds is 1. The average Bonchev–Trinajstić information content (AvgIpc) is 2.50. The van der Waals surface area contributed by atoms with Crippen LogP contribution in [0.3, 0.4) is 0 Å². The largest absolute Gasteiger partial charge is 0.246 e. The summed E-state index contributed by atoms with van der Waals surface area (Å²) in [6, 6.07) is 5.57. The summed E-state index contributed by atoms with van der Waals surface area (Å²) in [4.78, 5) is 4.07. The summed E-state index contributed by atoms with van der Waals surface area (Å²) in [7, 11) is 0. The molecule has 0 N–H and O–H groups in total. The van der Waals surface area contributed by atoms with E-state index in [2.05, 4.69) is 4.98 Å². The third-order valence-corrected chi connectivity index (χ3v) is 2.38. The molecule has 0 atom stereocenters. The maximum atomic E-state index is 12.3. The summed E-state index contributed by atoms with van der Waals surface area (Å²) >= 11 is 1.54. The van der Waals surface area contributed by atoms with Gasteiger partial charge in [0, 0.05) is 5.56 Å². The fourth-order valence-corrected chi connectivity index (χ4v) is 1.78. The van der Waals surface area contributed by atoms with Gasteiger partial charge in [0.25, 0.3) is 0 Å². The molecule has 0 spiro atoms. The number of hydrogen-bond donors (Lipinski definition) is 0. The number of para-hydroxylation sites is 1. The first-order valence-electron chi connectivity index (χ1n) is 3.29. The number of hydrogen-bond acceptors (Lipinski definition) is 2. The monoisotopic (exact) mass is 167 g/mol. The number of benzene rings is 1. The van der Waals surface area contributed by atoms with E-state index in [9.17, 15) is 4.39 Å². The van der Waals surface area contributed by atoms with Crippen LogP contribution in [0, 0.1) is 0 Å². The van der Waals surface area contributed by atoms with Gasteiger partial charge in [-0.3, -0.25) is 0 Å². The fraction of sp³-hybridized carbons (Fsp3) is 0.125. The van der Waals surface area contributed by atoms with Crippen molar-refractivity contribution in [2.24, 2.45) is 0 Å². The summed E-state index contributed by atoms with van der Waals surface area (Å²) in [6.45, 7) is -0.429. The first-order valence-corrected chi connectivity index (χ1v) is 4.17. The Morgan fingerprint density at radius 2 is 2.36 bits per heavy atom. The Bertz CT molecular complexity index is 369. The SMILES string of the molecule is FCc1cccc2scnc12. The van der Waals surface area contributed by atoms with Gasteiger partial charge < -0.3 is 0 Å². The van der Waals surface area contributed by atoms with Crippen molar-refractivity contribution in [3.8, 4) is 0 Å². The minimum atomic E-state index is -0.429. The zero-order valence-electron chi connectivity index (χ0n) is 5.75. The molecule has 1 heterocycles. The van der Waals surface area contributed by atoms with Crippen molar-refractivity contribution < 1.29 is 4.39 Å². The normalized spacial score (nSPS) is 10.6. The molecule has 11 heavy (non-hydrogen) atoms. The minimum absolute atomic E-state index is 0.429. The number of thiazole rings is 1. The zero-order chi connectivity index (χ0) is 7.68. The lowest BCUT2D eigenvalue weighted by atomic mass is 10.2. The molecule has 0 saturated heterocycles. The van der Waals surface area contributed by atoms with Crippen LogP contribution in [0.15, 0.2) is 23.7 Å². The highest BCUT2D eigenvalue weighted by atomic mass is 32.1. The van der Waals surface area contributed by atoms with E-state index in [1.165, 1.54) is 11.3 Å². The lowest BCUT2D eigenvalue weighted by molar-refractivity contribution is 0.487. The predicted octanol–water partition coefficient (Wildman–Crippen LogP) is 2.77. The van der Waals surface area contributed by atoms with E-state index < -0.39 is 6.67 Å². The molecule has 0 aliphatic rings. The molecule has 0 saturated carbocycles. The van der Waals surface area contributed by atoms with E-state index >= 15 is 0 Å². The molecule has 2 rings (SSSR count). The lowest BCUT2D eigenvalue weighted by Crippen LogP contribution is -1.79. The predicted molar refractivity (Wildman–Crippen MR) is 44.4 cm³/mol. The maximum absolute atomic E-state index is 12.3. The summed E-state index contributed by atoms with van der Waals surface area (Å²) in [6.07, 6.45) is 0. The third-order valence-electron chi connectivity index (χ3n) is 1.59. The molecular weight excluding hydrogens is 161 g/mol. The van der Waals surface area contributed by atoms with Crippen LogP contribution in [0.25, 0.3) is 10.2 Å². The molecule has 0 bridgehead atoms. The quantitative estimate of drug-likeness (QED) is 0.636. The Hall–Kier alpha value is -0.960. The van der Waals surface area contributed by atoms with Crippen molar-refractivity contribution in [3.63, 3.8) is 0 Å². The van der Waals surface area contributed by atoms with Crippen molar-refractivity contribution in [2.75, 3.05) is 0 Å². The number of fused-ring (bicyclic) bond motifs is 1. The molecule has 0 aliphatic heterocycles. The number of alkyl halides is 1. The van der Waals surface area contributed by atoms with Gasteiger partial charge in [-0.15, -0.1) is 11.3 Å². The highest BCUT2D eigenvalue weighted by molar-refractivity contribution is 7.16. The van der Waals surface area contributed by atoms with Crippen LogP contribution >= 0.6 is 11.3 Å². The summed E-state index contributed by atoms with van der Waals surface area (Å²) in [5, 5.41) is 0. The Balaban J connectivity index is 2.79. The van der Waals surface area contributed by atoms with Crippen LogP contribution < -0.4 is 0 Å². The first-order chi connectivity index (χ1) is 5.42. The van der Waals surface area contributed by atoms with Gasteiger partial charge in [0.2, 0.25) is 0 Å². The molecule has 1 nitrogen and oxygen atoms in total. The van der Waals surface area contributed by atoms with Gasteiger partial charge >= 0.3 is 0 Å². The van der Waals surface area contributed by atoms with Crippen molar-refractivity contribution in [1.82, 2.24) is 4.98 Å². The molecule has 0 unspecified atom stereocenters. The molecule has 0 aliphatic carbocycles. The Morgan fingerprint density at radius 3 is 3.18 bits per heavy atom. The first kappa shape index (κ1) is 6.73. The smallest absolute Gasteiger partial charge is 0.117 e. The molecule has 56 valence electrons. The standard InChI is InChI=1S/C8H6FNS/c9-4-6-2-1-3-7-8(6)10-5-11-7/h1-3,5H,4H2. The lowest BCUT2D eigenvalue weighted by Gasteiger charge is -1.93. The van der Waals surface area contributed by atoms with Gasteiger partial charge in [0.05, 0.1) is 15.7 Å². The topological polar surface area (TPSA) is 12.9 Å². The number of aromatic nitrogens is 1. The van der Waals surface area contributed by atoms with Crippen LogP contribution in [0.2, 0.25) is 0 Å². The zero-order valence-corrected chi connectivity index (χ0v) is 6.57. The van der Waals surface area contributed by atoms with Crippen molar-refractivity contribution >= 4 is 21.6 Å². The van der Waals surface area contributed by atoms with Crippen molar-refractivity contribution in [2.45, 2.75) is 6.67 Å². The van der Waals surface area contributed by atoms with E-state index in [1.54, 1.807) is 11.6 Å². The Morgan fingerprint density at radius 1 is 1.45 bits per heavy atom. The van der Waals surface area contributed by atoms with E-state index in [1.807, 2.05) is 12.1 Å². The fourth-order valence-electron chi connectivity index (χ4n) is 1.05. The second-order valence-electron chi connectivity index (χ2n) is 2.25. The van der Waals surface area contributed by atoms with Gasteiger partial charge in [-0.1, -0.05) is 12.1 Å². The highest BCUT2D eigenvalue weighted by Gasteiger charge is 2.00. The molecule has 0 amide bonds. The van der Waals surface area contributed by atoms with E-state index in [4.69, 9.17) is 0 Å². The molecule has 2 aromatic rings. The summed E-state index contributed by atoms with van der Waals surface area (Å²) in [5.74, 6) is 0. The van der Waals surface area contributed by atoms with Crippen molar-refractivity contribution in [3.05, 3.63) is 29.3 Å². The molecule has 0 radical (unpaired) electrons. The highest BCUT2D eigenvalue weighted by Crippen LogP contribution is 2.21. The molecule has 1 aromatic carbocycles. The average molecular weight is 167 g/mol. The van der Waals surface area contributed by atoms with E-state index in [-0.39, 0.29) is 0 Å². The van der Waals surface area contributed by atoms with Gasteiger partial charge in [0.1, 0.15) is 6.67 Å². The van der Waals surface area contributed by atoms with Crippen LogP contribution in [0.5, 0.6) is 0 Å². The Labute approximate surface area is 67.5 Å². The van der Waals surface area contributed by atoms with E-state index in [0.717, 1.165) is 10.2 Å². The van der Waals surface area contributed by atoms with Crippen molar-refractivity contribution in [1.29, 1.82) is 0 Å². The Kier molecular flexibility index (Phi) is 1.58. The number of halogens is 1. The third kappa shape index (κ3) is 1.01. The van der Waals surface area contributed by atoms with Crippen LogP contribution in [-0.4, -0.2) is 4.98 Å². The molecule has 0 fully saturated rings. The second-order valence-corrected chi connectivity index (χ2v) is 3.14. The molecule has 1 aromatic heterocycles. The maximum Gasteiger partial charge on any atom is 0.117 e.